The number of hydrogen-bond donors (Lipinski definition) is 1. The van der Waals surface area contributed by atoms with Crippen molar-refractivity contribution in [3.05, 3.63) is 23.7 Å². The fraction of sp³-hybridized carbons (Fsp3) is 0.615. The van der Waals surface area contributed by atoms with Crippen LogP contribution in [0.25, 0.3) is 0 Å². The molecule has 2 rings (SSSR count). The van der Waals surface area contributed by atoms with E-state index in [2.05, 4.69) is 13.8 Å². The lowest BCUT2D eigenvalue weighted by molar-refractivity contribution is 0.0667. The van der Waals surface area contributed by atoms with Gasteiger partial charge in [0, 0.05) is 12.6 Å². The Balaban J connectivity index is 2.13. The van der Waals surface area contributed by atoms with Gasteiger partial charge in [0.15, 0.2) is 5.76 Å². The van der Waals surface area contributed by atoms with Gasteiger partial charge in [0.25, 0.3) is 5.91 Å². The molecule has 1 amide bonds. The van der Waals surface area contributed by atoms with Crippen LogP contribution in [0, 0.1) is 5.92 Å². The fourth-order valence-electron chi connectivity index (χ4n) is 2.48. The molecule has 0 bridgehead atoms. The first-order valence-electron chi connectivity index (χ1n) is 6.23. The number of carbonyl (C=O) groups is 1. The molecule has 17 heavy (non-hydrogen) atoms. The van der Waals surface area contributed by atoms with Crippen LogP contribution in [0.15, 0.2) is 16.5 Å². The maximum atomic E-state index is 12.3. The van der Waals surface area contributed by atoms with E-state index in [1.165, 1.54) is 0 Å². The Morgan fingerprint density at radius 1 is 1.59 bits per heavy atom. The van der Waals surface area contributed by atoms with Crippen molar-refractivity contribution in [2.24, 2.45) is 11.7 Å². The lowest BCUT2D eigenvalue weighted by Gasteiger charge is -2.26. The standard InChI is InChI=1S/C13H20N2O2/c1-9(2)11-4-3-7-15(11)13(16)12-6-5-10(8-14)17-12/h5-6,9,11H,3-4,7-8,14H2,1-2H3. The molecule has 0 radical (unpaired) electrons. The third-order valence-corrected chi connectivity index (χ3v) is 3.40. The number of furan rings is 1. The quantitative estimate of drug-likeness (QED) is 0.873. The second kappa shape index (κ2) is 4.92. The minimum Gasteiger partial charge on any atom is -0.455 e. The number of likely N-dealkylation sites (tertiary alicyclic amines) is 1. The zero-order chi connectivity index (χ0) is 12.4. The molecule has 0 spiro atoms. The molecule has 1 atom stereocenters. The van der Waals surface area contributed by atoms with Crippen LogP contribution in [-0.4, -0.2) is 23.4 Å². The number of nitrogens with two attached hydrogens (primary N) is 1. The summed E-state index contributed by atoms with van der Waals surface area (Å²) in [7, 11) is 0. The van der Waals surface area contributed by atoms with Gasteiger partial charge in [-0.05, 0) is 30.9 Å². The van der Waals surface area contributed by atoms with Crippen molar-refractivity contribution in [3.8, 4) is 0 Å². The van der Waals surface area contributed by atoms with Crippen molar-refractivity contribution in [1.82, 2.24) is 4.90 Å². The van der Waals surface area contributed by atoms with E-state index in [1.807, 2.05) is 4.90 Å². The first-order valence-corrected chi connectivity index (χ1v) is 6.23. The van der Waals surface area contributed by atoms with Crippen LogP contribution in [0.3, 0.4) is 0 Å². The molecule has 0 aromatic carbocycles. The minimum atomic E-state index is 0.000833. The molecule has 1 unspecified atom stereocenters. The molecular formula is C13H20N2O2. The lowest BCUT2D eigenvalue weighted by atomic mass is 10.0. The number of carbonyl (C=O) groups excluding carboxylic acids is 1. The summed E-state index contributed by atoms with van der Waals surface area (Å²) in [5.41, 5.74) is 5.47. The first kappa shape index (κ1) is 12.2. The number of hydrogen-bond acceptors (Lipinski definition) is 3. The average Bonchev–Trinajstić information content (AvgIpc) is 2.97. The van der Waals surface area contributed by atoms with Gasteiger partial charge >= 0.3 is 0 Å². The van der Waals surface area contributed by atoms with E-state index in [1.54, 1.807) is 12.1 Å². The normalized spacial score (nSPS) is 20.2. The van der Waals surface area contributed by atoms with Gasteiger partial charge < -0.3 is 15.1 Å². The predicted molar refractivity (Wildman–Crippen MR) is 65.5 cm³/mol. The number of rotatable bonds is 3. The van der Waals surface area contributed by atoms with Crippen LogP contribution in [0.5, 0.6) is 0 Å². The van der Waals surface area contributed by atoms with E-state index < -0.39 is 0 Å². The maximum Gasteiger partial charge on any atom is 0.289 e. The molecule has 0 saturated carbocycles. The Bertz CT molecular complexity index is 398. The van der Waals surface area contributed by atoms with Crippen LogP contribution in [0.4, 0.5) is 0 Å². The molecule has 4 heteroatoms. The van der Waals surface area contributed by atoms with Crippen LogP contribution >= 0.6 is 0 Å². The van der Waals surface area contributed by atoms with E-state index in [4.69, 9.17) is 10.2 Å². The second-order valence-electron chi connectivity index (χ2n) is 4.92. The first-order chi connectivity index (χ1) is 8.13. The summed E-state index contributed by atoms with van der Waals surface area (Å²) in [5.74, 6) is 1.57. The smallest absolute Gasteiger partial charge is 0.289 e. The molecular weight excluding hydrogens is 216 g/mol. The highest BCUT2D eigenvalue weighted by atomic mass is 16.4. The molecule has 1 aliphatic rings. The Morgan fingerprint density at radius 3 is 2.94 bits per heavy atom. The molecule has 1 saturated heterocycles. The molecule has 1 aromatic heterocycles. The topological polar surface area (TPSA) is 59.5 Å². The summed E-state index contributed by atoms with van der Waals surface area (Å²) in [5, 5.41) is 0. The van der Waals surface area contributed by atoms with Crippen molar-refractivity contribution in [1.29, 1.82) is 0 Å². The van der Waals surface area contributed by atoms with E-state index in [0.717, 1.165) is 19.4 Å². The monoisotopic (exact) mass is 236 g/mol. The maximum absolute atomic E-state index is 12.3. The van der Waals surface area contributed by atoms with Gasteiger partial charge in [0.2, 0.25) is 0 Å². The lowest BCUT2D eigenvalue weighted by Crippen LogP contribution is -2.38. The van der Waals surface area contributed by atoms with Crippen LogP contribution < -0.4 is 5.73 Å². The second-order valence-corrected chi connectivity index (χ2v) is 4.92. The van der Waals surface area contributed by atoms with Gasteiger partial charge in [-0.3, -0.25) is 4.79 Å². The highest BCUT2D eigenvalue weighted by Gasteiger charge is 2.32. The van der Waals surface area contributed by atoms with Gasteiger partial charge in [-0.2, -0.15) is 0 Å². The Hall–Kier alpha value is -1.29. The molecule has 2 heterocycles. The number of amides is 1. The molecule has 2 N–H and O–H groups in total. The van der Waals surface area contributed by atoms with E-state index in [-0.39, 0.29) is 5.91 Å². The zero-order valence-corrected chi connectivity index (χ0v) is 10.5. The van der Waals surface area contributed by atoms with Crippen molar-refractivity contribution < 1.29 is 9.21 Å². The van der Waals surface area contributed by atoms with Crippen LogP contribution in [0.2, 0.25) is 0 Å². The third kappa shape index (κ3) is 2.36. The molecule has 1 aromatic rings. The van der Waals surface area contributed by atoms with E-state index in [0.29, 0.717) is 30.0 Å². The highest BCUT2D eigenvalue weighted by Crippen LogP contribution is 2.26. The van der Waals surface area contributed by atoms with Gasteiger partial charge in [-0.1, -0.05) is 13.8 Å². The molecule has 0 aliphatic carbocycles. The molecule has 4 nitrogen and oxygen atoms in total. The summed E-state index contributed by atoms with van der Waals surface area (Å²) in [6.45, 7) is 5.48. The van der Waals surface area contributed by atoms with Gasteiger partial charge in [0.1, 0.15) is 5.76 Å². The van der Waals surface area contributed by atoms with E-state index >= 15 is 0 Å². The van der Waals surface area contributed by atoms with Crippen LogP contribution in [-0.2, 0) is 6.54 Å². The van der Waals surface area contributed by atoms with E-state index in [9.17, 15) is 4.79 Å². The highest BCUT2D eigenvalue weighted by molar-refractivity contribution is 5.92. The molecule has 1 fully saturated rings. The van der Waals surface area contributed by atoms with Crippen molar-refractivity contribution in [3.63, 3.8) is 0 Å². The summed E-state index contributed by atoms with van der Waals surface area (Å²) in [6.07, 6.45) is 2.17. The SMILES string of the molecule is CC(C)C1CCCN1C(=O)c1ccc(CN)o1. The van der Waals surface area contributed by atoms with Crippen molar-refractivity contribution in [2.45, 2.75) is 39.3 Å². The molecule has 94 valence electrons. The Morgan fingerprint density at radius 2 is 2.35 bits per heavy atom. The van der Waals surface area contributed by atoms with Crippen molar-refractivity contribution in [2.75, 3.05) is 6.54 Å². The largest absolute Gasteiger partial charge is 0.455 e. The van der Waals surface area contributed by atoms with Crippen LogP contribution in [0.1, 0.15) is 43.0 Å². The summed E-state index contributed by atoms with van der Waals surface area (Å²) in [4.78, 5) is 14.2. The average molecular weight is 236 g/mol. The van der Waals surface area contributed by atoms with Crippen molar-refractivity contribution >= 4 is 5.91 Å². The third-order valence-electron chi connectivity index (χ3n) is 3.40. The van der Waals surface area contributed by atoms with Gasteiger partial charge in [-0.15, -0.1) is 0 Å². The zero-order valence-electron chi connectivity index (χ0n) is 10.5. The fourth-order valence-corrected chi connectivity index (χ4v) is 2.48. The summed E-state index contributed by atoms with van der Waals surface area (Å²) < 4.78 is 5.42. The Kier molecular flexibility index (Phi) is 3.52. The van der Waals surface area contributed by atoms with Gasteiger partial charge in [0.05, 0.1) is 6.54 Å². The van der Waals surface area contributed by atoms with Gasteiger partial charge in [-0.25, -0.2) is 0 Å². The predicted octanol–water partition coefficient (Wildman–Crippen LogP) is 2.00. The Labute approximate surface area is 102 Å². The summed E-state index contributed by atoms with van der Waals surface area (Å²) in [6, 6.07) is 3.84. The summed E-state index contributed by atoms with van der Waals surface area (Å²) >= 11 is 0. The minimum absolute atomic E-state index is 0.000833. The number of nitrogens with zero attached hydrogens (tertiary/aromatic N) is 1. The molecule has 1 aliphatic heterocycles.